The number of likely N-dealkylation sites (tertiary alicyclic amines) is 1. The molecular weight excluding hydrogens is 386 g/mol. The number of ether oxygens (including phenoxy) is 1. The molecule has 0 radical (unpaired) electrons. The van der Waals surface area contributed by atoms with Gasteiger partial charge in [0.05, 0.1) is 23.2 Å². The summed E-state index contributed by atoms with van der Waals surface area (Å²) in [6.07, 6.45) is 5.42. The minimum Gasteiger partial charge on any atom is -0.495 e. The topological polar surface area (TPSA) is 86.3 Å². The number of carbonyl (C=O) groups is 1. The predicted octanol–water partition coefficient (Wildman–Crippen LogP) is 3.62. The van der Waals surface area contributed by atoms with Gasteiger partial charge in [0.1, 0.15) is 23.5 Å². The Morgan fingerprint density at radius 1 is 1.31 bits per heavy atom. The van der Waals surface area contributed by atoms with Crippen molar-refractivity contribution >= 4 is 44.7 Å². The van der Waals surface area contributed by atoms with Crippen molar-refractivity contribution in [2.45, 2.75) is 19.4 Å². The standard InChI is InChI=1S/C21H21N5O2S/c1-12-5-13-7-17(29-19(13)16(6-12)28-2)15-9-26(14-3-4-25(8-14)11-27)21-18(15)20(22)23-10-24-21/h5-7,9-11,14H,3-4,8H2,1-2H3,(H2,22,23,24). The van der Waals surface area contributed by atoms with Crippen LogP contribution in [0, 0.1) is 6.92 Å². The lowest BCUT2D eigenvalue weighted by atomic mass is 10.1. The molecule has 3 aromatic heterocycles. The van der Waals surface area contributed by atoms with E-state index in [-0.39, 0.29) is 6.04 Å². The molecule has 1 amide bonds. The van der Waals surface area contributed by atoms with Crippen LogP contribution in [-0.4, -0.2) is 46.0 Å². The van der Waals surface area contributed by atoms with Crippen LogP contribution in [0.25, 0.3) is 31.6 Å². The quantitative estimate of drug-likeness (QED) is 0.522. The highest BCUT2D eigenvalue weighted by Crippen LogP contribution is 2.43. The molecule has 1 aromatic carbocycles. The number of nitrogens with zero attached hydrogens (tertiary/aromatic N) is 4. The molecule has 1 unspecified atom stereocenters. The number of hydrogen-bond acceptors (Lipinski definition) is 6. The van der Waals surface area contributed by atoms with Gasteiger partial charge in [-0.25, -0.2) is 9.97 Å². The van der Waals surface area contributed by atoms with Gasteiger partial charge in [-0.05, 0) is 36.4 Å². The largest absolute Gasteiger partial charge is 0.495 e. The highest BCUT2D eigenvalue weighted by Gasteiger charge is 2.27. The average molecular weight is 407 g/mol. The second-order valence-corrected chi connectivity index (χ2v) is 8.50. The Labute approximate surface area is 171 Å². The van der Waals surface area contributed by atoms with Crippen LogP contribution in [0.3, 0.4) is 0 Å². The summed E-state index contributed by atoms with van der Waals surface area (Å²) in [5.74, 6) is 1.34. The summed E-state index contributed by atoms with van der Waals surface area (Å²) in [7, 11) is 1.70. The molecule has 0 spiro atoms. The number of carbonyl (C=O) groups excluding carboxylic acids is 1. The summed E-state index contributed by atoms with van der Waals surface area (Å²) in [5.41, 5.74) is 9.27. The van der Waals surface area contributed by atoms with Crippen LogP contribution in [0.15, 0.2) is 30.7 Å². The van der Waals surface area contributed by atoms with Crippen molar-refractivity contribution in [2.24, 2.45) is 0 Å². The second kappa shape index (κ2) is 6.73. The number of aryl methyl sites for hydroxylation is 1. The van der Waals surface area contributed by atoms with Gasteiger partial charge >= 0.3 is 0 Å². The highest BCUT2D eigenvalue weighted by atomic mass is 32.1. The van der Waals surface area contributed by atoms with E-state index < -0.39 is 0 Å². The summed E-state index contributed by atoms with van der Waals surface area (Å²) < 4.78 is 8.86. The second-order valence-electron chi connectivity index (χ2n) is 7.45. The Hall–Kier alpha value is -3.13. The van der Waals surface area contributed by atoms with Crippen LogP contribution in [-0.2, 0) is 4.79 Å². The van der Waals surface area contributed by atoms with Gasteiger partial charge in [-0.15, -0.1) is 11.3 Å². The molecule has 2 N–H and O–H groups in total. The lowest BCUT2D eigenvalue weighted by molar-refractivity contribution is -0.117. The maximum absolute atomic E-state index is 11.2. The first kappa shape index (κ1) is 17.9. The number of thiophene rings is 1. The molecule has 4 heterocycles. The summed E-state index contributed by atoms with van der Waals surface area (Å²) in [6.45, 7) is 3.50. The number of hydrogen-bond donors (Lipinski definition) is 1. The van der Waals surface area contributed by atoms with Crippen LogP contribution in [0.5, 0.6) is 5.75 Å². The van der Waals surface area contributed by atoms with Crippen molar-refractivity contribution in [3.63, 3.8) is 0 Å². The van der Waals surface area contributed by atoms with E-state index in [1.165, 1.54) is 6.33 Å². The number of amides is 1. The van der Waals surface area contributed by atoms with Crippen molar-refractivity contribution in [3.8, 4) is 16.2 Å². The smallest absolute Gasteiger partial charge is 0.209 e. The zero-order valence-electron chi connectivity index (χ0n) is 16.3. The van der Waals surface area contributed by atoms with E-state index in [1.807, 2.05) is 0 Å². The van der Waals surface area contributed by atoms with Gasteiger partial charge in [0.15, 0.2) is 0 Å². The Morgan fingerprint density at radius 2 is 2.17 bits per heavy atom. The van der Waals surface area contributed by atoms with E-state index in [9.17, 15) is 4.79 Å². The Kier molecular flexibility index (Phi) is 4.16. The Balaban J connectivity index is 1.71. The summed E-state index contributed by atoms with van der Waals surface area (Å²) in [5, 5.41) is 2.01. The molecule has 1 atom stereocenters. The molecule has 1 aliphatic rings. The van der Waals surface area contributed by atoms with Crippen molar-refractivity contribution in [1.29, 1.82) is 0 Å². The fourth-order valence-electron chi connectivity index (χ4n) is 4.21. The molecule has 5 rings (SSSR count). The fourth-order valence-corrected chi connectivity index (χ4v) is 5.36. The molecule has 0 saturated carbocycles. The molecule has 8 heteroatoms. The lowest BCUT2D eigenvalue weighted by Crippen LogP contribution is -2.19. The monoisotopic (exact) mass is 407 g/mol. The van der Waals surface area contributed by atoms with E-state index in [0.717, 1.165) is 62.2 Å². The van der Waals surface area contributed by atoms with Crippen molar-refractivity contribution in [1.82, 2.24) is 19.4 Å². The molecule has 1 saturated heterocycles. The van der Waals surface area contributed by atoms with Gasteiger partial charge in [-0.2, -0.15) is 0 Å². The number of methoxy groups -OCH3 is 1. The molecule has 1 fully saturated rings. The third-order valence-corrected chi connectivity index (χ3v) is 6.79. The van der Waals surface area contributed by atoms with Gasteiger partial charge in [0, 0.05) is 29.7 Å². The van der Waals surface area contributed by atoms with Gasteiger partial charge in [0.25, 0.3) is 0 Å². The number of nitrogen functional groups attached to an aromatic ring is 1. The van der Waals surface area contributed by atoms with Crippen LogP contribution < -0.4 is 10.5 Å². The SMILES string of the molecule is COc1cc(C)cc2cc(-c3cn(C4CCN(C=O)C4)c4ncnc(N)c34)sc12. The summed E-state index contributed by atoms with van der Waals surface area (Å²) >= 11 is 1.68. The van der Waals surface area contributed by atoms with Gasteiger partial charge < -0.3 is 19.9 Å². The van der Waals surface area contributed by atoms with E-state index in [4.69, 9.17) is 10.5 Å². The normalized spacial score (nSPS) is 16.8. The molecule has 29 heavy (non-hydrogen) atoms. The maximum Gasteiger partial charge on any atom is 0.209 e. The Morgan fingerprint density at radius 3 is 2.93 bits per heavy atom. The van der Waals surface area contributed by atoms with Gasteiger partial charge in [0.2, 0.25) is 6.41 Å². The first-order valence-corrected chi connectivity index (χ1v) is 10.3. The van der Waals surface area contributed by atoms with E-state index in [0.29, 0.717) is 12.4 Å². The lowest BCUT2D eigenvalue weighted by Gasteiger charge is -2.13. The Bertz CT molecular complexity index is 1250. The number of rotatable bonds is 4. The third-order valence-electron chi connectivity index (χ3n) is 5.59. The number of nitrogens with two attached hydrogens (primary N) is 1. The maximum atomic E-state index is 11.2. The van der Waals surface area contributed by atoms with Crippen LogP contribution in [0.4, 0.5) is 5.82 Å². The third kappa shape index (κ3) is 2.82. The van der Waals surface area contributed by atoms with Crippen LogP contribution >= 0.6 is 11.3 Å². The van der Waals surface area contributed by atoms with Gasteiger partial charge in [-0.1, -0.05) is 6.07 Å². The first-order chi connectivity index (χ1) is 14.1. The van der Waals surface area contributed by atoms with Crippen LogP contribution in [0.1, 0.15) is 18.0 Å². The zero-order valence-corrected chi connectivity index (χ0v) is 17.1. The zero-order chi connectivity index (χ0) is 20.1. The molecule has 0 bridgehead atoms. The van der Waals surface area contributed by atoms with Crippen molar-refractivity contribution < 1.29 is 9.53 Å². The minimum absolute atomic E-state index is 0.178. The molecule has 4 aromatic rings. The fraction of sp³-hybridized carbons (Fsp3) is 0.286. The number of aromatic nitrogens is 3. The van der Waals surface area contributed by atoms with Crippen LogP contribution in [0.2, 0.25) is 0 Å². The summed E-state index contributed by atoms with van der Waals surface area (Å²) in [6, 6.07) is 6.57. The molecule has 7 nitrogen and oxygen atoms in total. The molecule has 1 aliphatic heterocycles. The number of fused-ring (bicyclic) bond motifs is 2. The highest BCUT2D eigenvalue weighted by molar-refractivity contribution is 7.22. The minimum atomic E-state index is 0.178. The van der Waals surface area contributed by atoms with Crippen molar-refractivity contribution in [2.75, 3.05) is 25.9 Å². The predicted molar refractivity (Wildman–Crippen MR) is 115 cm³/mol. The number of benzene rings is 1. The molecule has 0 aliphatic carbocycles. The molecular formula is C21H21N5O2S. The first-order valence-electron chi connectivity index (χ1n) is 9.48. The summed E-state index contributed by atoms with van der Waals surface area (Å²) in [4.78, 5) is 22.8. The van der Waals surface area contributed by atoms with E-state index in [1.54, 1.807) is 23.3 Å². The van der Waals surface area contributed by atoms with E-state index in [2.05, 4.69) is 45.9 Å². The van der Waals surface area contributed by atoms with E-state index >= 15 is 0 Å². The average Bonchev–Trinajstić information content (AvgIpc) is 3.43. The molecule has 148 valence electrons. The van der Waals surface area contributed by atoms with Crippen molar-refractivity contribution in [3.05, 3.63) is 36.3 Å². The van der Waals surface area contributed by atoms with Gasteiger partial charge in [-0.3, -0.25) is 4.79 Å². The number of anilines is 1.